The lowest BCUT2D eigenvalue weighted by atomic mass is 9.85. The zero-order valence-electron chi connectivity index (χ0n) is 16.5. The van der Waals surface area contributed by atoms with Crippen molar-refractivity contribution < 1.29 is 22.7 Å². The Morgan fingerprint density at radius 3 is 2.23 bits per heavy atom. The van der Waals surface area contributed by atoms with Crippen molar-refractivity contribution in [2.24, 2.45) is 0 Å². The number of anilines is 1. The van der Waals surface area contributed by atoms with Crippen LogP contribution in [0.1, 0.15) is 42.1 Å². The van der Waals surface area contributed by atoms with Gasteiger partial charge >= 0.3 is 6.18 Å². The molecule has 1 N–H and O–H groups in total. The molecule has 1 heterocycles. The molecule has 0 radical (unpaired) electrons. The smallest absolute Gasteiger partial charge is 0.416 e. The topological polar surface area (TPSA) is 64.1 Å². The molecule has 0 bridgehead atoms. The Morgan fingerprint density at radius 2 is 1.65 bits per heavy atom. The average molecular weight is 427 g/mol. The van der Waals surface area contributed by atoms with Crippen LogP contribution in [-0.4, -0.2) is 15.9 Å². The number of rotatable bonds is 6. The zero-order chi connectivity index (χ0) is 21.8. The van der Waals surface area contributed by atoms with E-state index in [-0.39, 0.29) is 12.3 Å². The number of halogens is 3. The molecule has 1 aliphatic carbocycles. The van der Waals surface area contributed by atoms with Crippen molar-refractivity contribution in [1.82, 2.24) is 9.97 Å². The highest BCUT2D eigenvalue weighted by atomic mass is 19.4. The Labute approximate surface area is 177 Å². The maximum absolute atomic E-state index is 12.6. The van der Waals surface area contributed by atoms with Crippen molar-refractivity contribution in [2.75, 3.05) is 5.32 Å². The minimum Gasteiger partial charge on any atom is -0.457 e. The minimum absolute atomic E-state index is 0.156. The van der Waals surface area contributed by atoms with E-state index in [1.54, 1.807) is 36.5 Å². The highest BCUT2D eigenvalue weighted by molar-refractivity contribution is 5.91. The first-order valence-corrected chi connectivity index (χ1v) is 9.94. The van der Waals surface area contributed by atoms with Crippen LogP contribution in [-0.2, 0) is 17.4 Å². The molecule has 3 aromatic rings. The molecule has 31 heavy (non-hydrogen) atoms. The summed E-state index contributed by atoms with van der Waals surface area (Å²) >= 11 is 0. The Balaban J connectivity index is 1.32. The van der Waals surface area contributed by atoms with Gasteiger partial charge in [0.15, 0.2) is 0 Å². The van der Waals surface area contributed by atoms with Gasteiger partial charge in [-0.3, -0.25) is 4.79 Å². The molecular formula is C23H20F3N3O2. The highest BCUT2D eigenvalue weighted by Crippen LogP contribution is 2.34. The van der Waals surface area contributed by atoms with E-state index in [0.717, 1.165) is 36.4 Å². The molecule has 1 aromatic heterocycles. The lowest BCUT2D eigenvalue weighted by molar-refractivity contribution is -0.137. The summed E-state index contributed by atoms with van der Waals surface area (Å²) in [5.74, 6) is 2.20. The second kappa shape index (κ2) is 8.75. The van der Waals surface area contributed by atoms with Crippen LogP contribution in [0.2, 0.25) is 0 Å². The van der Waals surface area contributed by atoms with Crippen LogP contribution >= 0.6 is 0 Å². The van der Waals surface area contributed by atoms with Gasteiger partial charge in [-0.15, -0.1) is 0 Å². The van der Waals surface area contributed by atoms with E-state index >= 15 is 0 Å². The van der Waals surface area contributed by atoms with Gasteiger partial charge in [-0.1, -0.05) is 18.6 Å². The van der Waals surface area contributed by atoms with E-state index in [4.69, 9.17) is 4.74 Å². The van der Waals surface area contributed by atoms with Gasteiger partial charge in [-0.25, -0.2) is 9.97 Å². The van der Waals surface area contributed by atoms with Crippen LogP contribution in [0.5, 0.6) is 11.5 Å². The first-order chi connectivity index (χ1) is 14.9. The number of nitrogens with zero attached hydrogens (tertiary/aromatic N) is 2. The van der Waals surface area contributed by atoms with Gasteiger partial charge in [-0.2, -0.15) is 13.2 Å². The fourth-order valence-electron chi connectivity index (χ4n) is 3.20. The Morgan fingerprint density at radius 1 is 1.00 bits per heavy atom. The number of hydrogen-bond acceptors (Lipinski definition) is 4. The van der Waals surface area contributed by atoms with Crippen molar-refractivity contribution in [1.29, 1.82) is 0 Å². The summed E-state index contributed by atoms with van der Waals surface area (Å²) in [6.45, 7) is 0. The maximum Gasteiger partial charge on any atom is 0.416 e. The maximum atomic E-state index is 12.6. The van der Waals surface area contributed by atoms with E-state index in [1.807, 2.05) is 0 Å². The first-order valence-electron chi connectivity index (χ1n) is 9.94. The van der Waals surface area contributed by atoms with Crippen LogP contribution in [0, 0.1) is 0 Å². The summed E-state index contributed by atoms with van der Waals surface area (Å²) in [4.78, 5) is 21.0. The molecule has 160 valence electrons. The Kier molecular flexibility index (Phi) is 5.88. The molecule has 0 aliphatic heterocycles. The third-order valence-corrected chi connectivity index (χ3v) is 5.12. The van der Waals surface area contributed by atoms with E-state index in [2.05, 4.69) is 15.3 Å². The van der Waals surface area contributed by atoms with Crippen LogP contribution in [0.15, 0.2) is 60.8 Å². The molecular weight excluding hydrogens is 407 g/mol. The second-order valence-electron chi connectivity index (χ2n) is 7.42. The number of aromatic nitrogens is 2. The normalized spacial score (nSPS) is 14.0. The number of amides is 1. The summed E-state index contributed by atoms with van der Waals surface area (Å²) < 4.78 is 43.4. The van der Waals surface area contributed by atoms with E-state index in [9.17, 15) is 18.0 Å². The minimum atomic E-state index is -4.38. The third kappa shape index (κ3) is 5.39. The molecule has 1 saturated carbocycles. The predicted molar refractivity (Wildman–Crippen MR) is 109 cm³/mol. The third-order valence-electron chi connectivity index (χ3n) is 5.12. The molecule has 2 aromatic carbocycles. The number of ether oxygens (including phenoxy) is 1. The number of hydrogen-bond donors (Lipinski definition) is 1. The number of carbonyl (C=O) groups excluding carboxylic acids is 1. The van der Waals surface area contributed by atoms with Crippen LogP contribution in [0.4, 0.5) is 19.0 Å². The molecule has 1 amide bonds. The highest BCUT2D eigenvalue weighted by Gasteiger charge is 2.30. The number of nitrogens with one attached hydrogen (secondary N) is 1. The van der Waals surface area contributed by atoms with Gasteiger partial charge in [0, 0.05) is 12.1 Å². The standard InChI is InChI=1S/C23H20F3N3O2/c24-23(25,26)17-6-10-19(11-7-17)31-18-8-4-15(5-9-18)14-21(30)28-20-12-13-27-22(29-20)16-2-1-3-16/h4-13,16H,1-3,14H2,(H,27,28,29,30). The first kappa shape index (κ1) is 20.8. The molecule has 5 nitrogen and oxygen atoms in total. The lowest BCUT2D eigenvalue weighted by Gasteiger charge is -2.23. The van der Waals surface area contributed by atoms with Gasteiger partial charge in [-0.05, 0) is 60.9 Å². The van der Waals surface area contributed by atoms with Gasteiger partial charge in [0.05, 0.1) is 12.0 Å². The zero-order valence-corrected chi connectivity index (χ0v) is 16.5. The lowest BCUT2D eigenvalue weighted by Crippen LogP contribution is -2.18. The molecule has 1 aliphatic rings. The molecule has 0 unspecified atom stereocenters. The fraction of sp³-hybridized carbons (Fsp3) is 0.261. The van der Waals surface area contributed by atoms with Crippen molar-refractivity contribution in [3.8, 4) is 11.5 Å². The largest absolute Gasteiger partial charge is 0.457 e. The van der Waals surface area contributed by atoms with Crippen molar-refractivity contribution >= 4 is 11.7 Å². The molecule has 8 heteroatoms. The molecule has 0 atom stereocenters. The molecule has 0 saturated heterocycles. The number of carbonyl (C=O) groups is 1. The van der Waals surface area contributed by atoms with Gasteiger partial charge < -0.3 is 10.1 Å². The Bertz CT molecular complexity index is 1050. The number of alkyl halides is 3. The predicted octanol–water partition coefficient (Wildman–Crippen LogP) is 5.74. The molecule has 4 rings (SSSR count). The summed E-state index contributed by atoms with van der Waals surface area (Å²) in [5, 5.41) is 2.79. The van der Waals surface area contributed by atoms with Crippen LogP contribution < -0.4 is 10.1 Å². The van der Waals surface area contributed by atoms with E-state index in [1.165, 1.54) is 18.6 Å². The van der Waals surface area contributed by atoms with Crippen LogP contribution in [0.3, 0.4) is 0 Å². The van der Waals surface area contributed by atoms with Crippen molar-refractivity contribution in [3.05, 3.63) is 77.7 Å². The van der Waals surface area contributed by atoms with Crippen molar-refractivity contribution in [2.45, 2.75) is 37.8 Å². The molecule has 0 spiro atoms. The van der Waals surface area contributed by atoms with E-state index < -0.39 is 11.7 Å². The Hall–Kier alpha value is -3.42. The average Bonchev–Trinajstić information content (AvgIpc) is 2.68. The van der Waals surface area contributed by atoms with Gasteiger partial charge in [0.25, 0.3) is 0 Å². The number of benzene rings is 2. The van der Waals surface area contributed by atoms with Gasteiger partial charge in [0.1, 0.15) is 23.1 Å². The summed E-state index contributed by atoms with van der Waals surface area (Å²) in [6, 6.07) is 12.9. The monoisotopic (exact) mass is 427 g/mol. The second-order valence-corrected chi connectivity index (χ2v) is 7.42. The quantitative estimate of drug-likeness (QED) is 0.545. The molecule has 1 fully saturated rings. The van der Waals surface area contributed by atoms with Crippen LogP contribution in [0.25, 0.3) is 0 Å². The summed E-state index contributed by atoms with van der Waals surface area (Å²) in [7, 11) is 0. The van der Waals surface area contributed by atoms with Gasteiger partial charge in [0.2, 0.25) is 5.91 Å². The summed E-state index contributed by atoms with van der Waals surface area (Å²) in [5.41, 5.74) is 0.0373. The van der Waals surface area contributed by atoms with E-state index in [0.29, 0.717) is 23.2 Å². The SMILES string of the molecule is O=C(Cc1ccc(Oc2ccc(C(F)(F)F)cc2)cc1)Nc1ccnc(C2CCC2)n1. The fourth-order valence-corrected chi connectivity index (χ4v) is 3.20. The van der Waals surface area contributed by atoms with Crippen molar-refractivity contribution in [3.63, 3.8) is 0 Å². The summed E-state index contributed by atoms with van der Waals surface area (Å²) in [6.07, 6.45) is 0.776.